The highest BCUT2D eigenvalue weighted by Gasteiger charge is 2.43. The lowest BCUT2D eigenvalue weighted by atomic mass is 10.1. The third-order valence-corrected chi connectivity index (χ3v) is 10.2. The average Bonchev–Trinajstić information content (AvgIpc) is 2.96. The lowest BCUT2D eigenvalue weighted by Crippen LogP contribution is -2.60. The highest BCUT2D eigenvalue weighted by Crippen LogP contribution is 2.26. The van der Waals surface area contributed by atoms with Crippen molar-refractivity contribution < 1.29 is 26.4 Å². The lowest BCUT2D eigenvalue weighted by molar-refractivity contribution is -0.120. The zero-order valence-corrected chi connectivity index (χ0v) is 23.9. The molecule has 12 heteroatoms. The van der Waals surface area contributed by atoms with Gasteiger partial charge in [0.15, 0.2) is 0 Å². The first kappa shape index (κ1) is 29.4. The van der Waals surface area contributed by atoms with E-state index in [1.165, 1.54) is 24.3 Å². The first-order valence-electron chi connectivity index (χ1n) is 12.8. The maximum absolute atomic E-state index is 13.7. The van der Waals surface area contributed by atoms with Crippen molar-refractivity contribution in [1.82, 2.24) is 13.9 Å². The van der Waals surface area contributed by atoms with Crippen molar-refractivity contribution in [1.29, 1.82) is 0 Å². The SMILES string of the molecule is CC(C)CNC(=O)c1ccccc1NC(=O)[C@@H]1CN(S(=O)(=O)c2ccccc2)CCN1S(=O)(=O)c1ccccc1. The third-order valence-electron chi connectivity index (χ3n) is 6.43. The number of nitrogens with one attached hydrogen (secondary N) is 2. The van der Waals surface area contributed by atoms with Gasteiger partial charge in [-0.25, -0.2) is 16.8 Å². The smallest absolute Gasteiger partial charge is 0.253 e. The first-order valence-corrected chi connectivity index (χ1v) is 15.7. The van der Waals surface area contributed by atoms with E-state index in [1.807, 2.05) is 13.8 Å². The highest BCUT2D eigenvalue weighted by atomic mass is 32.2. The summed E-state index contributed by atoms with van der Waals surface area (Å²) in [5.41, 5.74) is 0.396. The van der Waals surface area contributed by atoms with E-state index >= 15 is 0 Å². The summed E-state index contributed by atoms with van der Waals surface area (Å²) < 4.78 is 56.1. The lowest BCUT2D eigenvalue weighted by Gasteiger charge is -2.39. The number of sulfonamides is 2. The van der Waals surface area contributed by atoms with Gasteiger partial charge in [0.05, 0.1) is 21.0 Å². The molecule has 212 valence electrons. The maximum atomic E-state index is 13.7. The zero-order valence-electron chi connectivity index (χ0n) is 22.2. The molecule has 0 bridgehead atoms. The Labute approximate surface area is 235 Å². The summed E-state index contributed by atoms with van der Waals surface area (Å²) >= 11 is 0. The Morgan fingerprint density at radius 1 is 0.800 bits per heavy atom. The van der Waals surface area contributed by atoms with Crippen LogP contribution >= 0.6 is 0 Å². The molecule has 1 saturated heterocycles. The topological polar surface area (TPSA) is 133 Å². The van der Waals surface area contributed by atoms with Crippen molar-refractivity contribution in [3.05, 3.63) is 90.5 Å². The fourth-order valence-electron chi connectivity index (χ4n) is 4.33. The van der Waals surface area contributed by atoms with Gasteiger partial charge >= 0.3 is 0 Å². The summed E-state index contributed by atoms with van der Waals surface area (Å²) in [4.78, 5) is 26.6. The van der Waals surface area contributed by atoms with Gasteiger partial charge in [0.25, 0.3) is 5.91 Å². The van der Waals surface area contributed by atoms with Crippen LogP contribution in [-0.2, 0) is 24.8 Å². The molecule has 2 amide bonds. The number of nitrogens with zero attached hydrogens (tertiary/aromatic N) is 2. The average molecular weight is 585 g/mol. The van der Waals surface area contributed by atoms with Gasteiger partial charge in [0.2, 0.25) is 26.0 Å². The largest absolute Gasteiger partial charge is 0.352 e. The van der Waals surface area contributed by atoms with Gasteiger partial charge in [0.1, 0.15) is 6.04 Å². The Morgan fingerprint density at radius 3 is 1.95 bits per heavy atom. The Hall–Kier alpha value is -3.58. The van der Waals surface area contributed by atoms with Crippen molar-refractivity contribution in [2.24, 2.45) is 5.92 Å². The molecule has 3 aromatic carbocycles. The van der Waals surface area contributed by atoms with E-state index in [-0.39, 0.29) is 40.0 Å². The van der Waals surface area contributed by atoms with Crippen LogP contribution in [0, 0.1) is 5.92 Å². The predicted octanol–water partition coefficient (Wildman–Crippen LogP) is 2.77. The van der Waals surface area contributed by atoms with Crippen LogP contribution in [0.4, 0.5) is 5.69 Å². The molecule has 0 saturated carbocycles. The van der Waals surface area contributed by atoms with Crippen LogP contribution in [0.1, 0.15) is 24.2 Å². The van der Waals surface area contributed by atoms with Gasteiger partial charge in [-0.15, -0.1) is 0 Å². The van der Waals surface area contributed by atoms with Crippen molar-refractivity contribution in [2.75, 3.05) is 31.5 Å². The number of carbonyl (C=O) groups is 2. The molecule has 40 heavy (non-hydrogen) atoms. The molecular weight excluding hydrogens is 552 g/mol. The Kier molecular flexibility index (Phi) is 9.04. The first-order chi connectivity index (χ1) is 19.0. The van der Waals surface area contributed by atoms with Gasteiger partial charge in [-0.3, -0.25) is 9.59 Å². The quantitative estimate of drug-likeness (QED) is 0.398. The van der Waals surface area contributed by atoms with E-state index in [1.54, 1.807) is 60.7 Å². The number of para-hydroxylation sites is 1. The minimum atomic E-state index is -4.15. The van der Waals surface area contributed by atoms with Gasteiger partial charge in [-0.05, 0) is 42.3 Å². The number of rotatable bonds is 9. The summed E-state index contributed by atoms with van der Waals surface area (Å²) in [7, 11) is -8.16. The summed E-state index contributed by atoms with van der Waals surface area (Å²) in [5.74, 6) is -0.936. The number of amides is 2. The van der Waals surface area contributed by atoms with Crippen molar-refractivity contribution in [3.8, 4) is 0 Å². The van der Waals surface area contributed by atoms with E-state index in [2.05, 4.69) is 10.6 Å². The highest BCUT2D eigenvalue weighted by molar-refractivity contribution is 7.89. The van der Waals surface area contributed by atoms with E-state index in [0.717, 1.165) is 8.61 Å². The second-order valence-electron chi connectivity index (χ2n) is 9.76. The molecule has 0 aliphatic carbocycles. The fraction of sp³-hybridized carbons (Fsp3) is 0.286. The second kappa shape index (κ2) is 12.3. The van der Waals surface area contributed by atoms with Crippen molar-refractivity contribution >= 4 is 37.5 Å². The Bertz CT molecular complexity index is 1560. The summed E-state index contributed by atoms with van der Waals surface area (Å²) in [6.07, 6.45) is 0. The molecular formula is C28H32N4O6S2. The number of hydrogen-bond acceptors (Lipinski definition) is 6. The molecule has 3 aromatic rings. The normalized spacial score (nSPS) is 16.9. The van der Waals surface area contributed by atoms with Gasteiger partial charge < -0.3 is 10.6 Å². The van der Waals surface area contributed by atoms with Crippen molar-refractivity contribution in [2.45, 2.75) is 29.7 Å². The van der Waals surface area contributed by atoms with Crippen LogP contribution in [0.3, 0.4) is 0 Å². The molecule has 10 nitrogen and oxygen atoms in total. The van der Waals surface area contributed by atoms with E-state index in [4.69, 9.17) is 0 Å². The minimum Gasteiger partial charge on any atom is -0.352 e. The molecule has 0 aromatic heterocycles. The predicted molar refractivity (Wildman–Crippen MR) is 152 cm³/mol. The van der Waals surface area contributed by atoms with E-state index in [9.17, 15) is 26.4 Å². The van der Waals surface area contributed by atoms with Gasteiger partial charge in [0, 0.05) is 26.2 Å². The Morgan fingerprint density at radius 2 is 1.35 bits per heavy atom. The molecule has 1 heterocycles. The number of carbonyl (C=O) groups excluding carboxylic acids is 2. The molecule has 1 aliphatic heterocycles. The molecule has 0 radical (unpaired) electrons. The van der Waals surface area contributed by atoms with Crippen molar-refractivity contribution in [3.63, 3.8) is 0 Å². The number of anilines is 1. The third kappa shape index (κ3) is 6.41. The maximum Gasteiger partial charge on any atom is 0.253 e. The number of hydrogen-bond donors (Lipinski definition) is 2. The molecule has 4 rings (SSSR count). The molecule has 0 spiro atoms. The molecule has 1 fully saturated rings. The number of benzene rings is 3. The summed E-state index contributed by atoms with van der Waals surface area (Å²) in [5, 5.41) is 5.49. The summed E-state index contributed by atoms with van der Waals surface area (Å²) in [6, 6.07) is 20.4. The van der Waals surface area contributed by atoms with E-state index in [0.29, 0.717) is 6.54 Å². The molecule has 1 atom stereocenters. The summed E-state index contributed by atoms with van der Waals surface area (Å²) in [6.45, 7) is 3.55. The number of piperazine rings is 1. The van der Waals surface area contributed by atoms with Crippen LogP contribution < -0.4 is 10.6 Å². The Balaban J connectivity index is 1.68. The van der Waals surface area contributed by atoms with Crippen LogP contribution in [0.5, 0.6) is 0 Å². The van der Waals surface area contributed by atoms with Crippen LogP contribution in [0.25, 0.3) is 0 Å². The minimum absolute atomic E-state index is 0.0133. The van der Waals surface area contributed by atoms with E-state index < -0.39 is 44.4 Å². The molecule has 2 N–H and O–H groups in total. The van der Waals surface area contributed by atoms with Crippen LogP contribution in [0.2, 0.25) is 0 Å². The molecule has 0 unspecified atom stereocenters. The monoisotopic (exact) mass is 584 g/mol. The standard InChI is InChI=1S/C28H32N4O6S2/c1-21(2)19-29-27(33)24-15-9-10-16-25(24)30-28(34)26-20-31(39(35,36)22-11-5-3-6-12-22)17-18-32(26)40(37,38)23-13-7-4-8-14-23/h3-16,21,26H,17-20H2,1-2H3,(H,29,33)(H,30,34)/t26-/m0/s1. The van der Waals surface area contributed by atoms with Gasteiger partial charge in [-0.1, -0.05) is 62.4 Å². The van der Waals surface area contributed by atoms with Crippen LogP contribution in [0.15, 0.2) is 94.7 Å². The zero-order chi connectivity index (χ0) is 28.9. The van der Waals surface area contributed by atoms with Gasteiger partial charge in [-0.2, -0.15) is 8.61 Å². The fourth-order valence-corrected chi connectivity index (χ4v) is 7.38. The molecule has 1 aliphatic rings. The second-order valence-corrected chi connectivity index (χ2v) is 13.6. The van der Waals surface area contributed by atoms with Crippen LogP contribution in [-0.4, -0.2) is 69.5 Å².